The lowest BCUT2D eigenvalue weighted by molar-refractivity contribution is -0.127. The highest BCUT2D eigenvalue weighted by atomic mass is 16.5. The molecule has 0 bridgehead atoms. The van der Waals surface area contributed by atoms with Crippen molar-refractivity contribution in [3.05, 3.63) is 75.8 Å². The zero-order valence-corrected chi connectivity index (χ0v) is 23.3. The van der Waals surface area contributed by atoms with E-state index in [-0.39, 0.29) is 16.9 Å². The molecule has 10 nitrogen and oxygen atoms in total. The van der Waals surface area contributed by atoms with Gasteiger partial charge in [-0.3, -0.25) is 19.3 Å². The molecular formula is C31H35N3O7. The molecular weight excluding hydrogens is 526 g/mol. The van der Waals surface area contributed by atoms with Crippen molar-refractivity contribution in [1.82, 2.24) is 10.2 Å². The Kier molecular flexibility index (Phi) is 7.74. The number of aliphatic hydroxyl groups excluding tert-OH is 2. The molecule has 2 aromatic rings. The van der Waals surface area contributed by atoms with Gasteiger partial charge in [0.2, 0.25) is 0 Å². The molecule has 0 radical (unpaired) electrons. The van der Waals surface area contributed by atoms with Gasteiger partial charge in [-0.15, -0.1) is 0 Å². The Morgan fingerprint density at radius 1 is 1.07 bits per heavy atom. The summed E-state index contributed by atoms with van der Waals surface area (Å²) in [6.07, 6.45) is 0.649. The molecule has 0 heterocycles. The number of amides is 1. The summed E-state index contributed by atoms with van der Waals surface area (Å²) in [4.78, 5) is 41.0. The number of hydrogen-bond donors (Lipinski definition) is 5. The molecule has 4 atom stereocenters. The number of rotatable bonds is 8. The van der Waals surface area contributed by atoms with Crippen LogP contribution in [-0.2, 0) is 27.3 Å². The molecule has 41 heavy (non-hydrogen) atoms. The Hall–Kier alpha value is -3.99. The Balaban J connectivity index is 1.54. The van der Waals surface area contributed by atoms with Gasteiger partial charge in [0.05, 0.1) is 24.1 Å². The Bertz CT molecular complexity index is 1480. The average molecular weight is 562 g/mol. The number of ether oxygens (including phenoxy) is 1. The quantitative estimate of drug-likeness (QED) is 0.241. The number of phenols is 1. The topological polar surface area (TPSA) is 162 Å². The number of carbonyl (C=O) groups excluding carboxylic acids is 3. The fourth-order valence-corrected chi connectivity index (χ4v) is 6.75. The summed E-state index contributed by atoms with van der Waals surface area (Å²) >= 11 is 0. The van der Waals surface area contributed by atoms with Gasteiger partial charge in [0.1, 0.15) is 22.8 Å². The van der Waals surface area contributed by atoms with Crippen LogP contribution in [0.2, 0.25) is 0 Å². The molecule has 2 aromatic carbocycles. The Morgan fingerprint density at radius 2 is 1.78 bits per heavy atom. The second-order valence-electron chi connectivity index (χ2n) is 11.2. The zero-order valence-electron chi connectivity index (χ0n) is 23.3. The second kappa shape index (κ2) is 11.1. The van der Waals surface area contributed by atoms with Crippen LogP contribution in [0.1, 0.15) is 27.9 Å². The summed E-state index contributed by atoms with van der Waals surface area (Å²) in [7, 11) is 5.06. The molecule has 6 N–H and O–H groups in total. The van der Waals surface area contributed by atoms with Crippen LogP contribution in [0.4, 0.5) is 0 Å². The van der Waals surface area contributed by atoms with E-state index >= 15 is 0 Å². The van der Waals surface area contributed by atoms with Crippen LogP contribution in [0.5, 0.6) is 5.75 Å². The van der Waals surface area contributed by atoms with E-state index in [1.54, 1.807) is 32.2 Å². The van der Waals surface area contributed by atoms with E-state index in [1.807, 2.05) is 24.3 Å². The lowest BCUT2D eigenvalue weighted by atomic mass is 9.60. The number of phenolic OH excluding ortho intramolecular Hbond substituents is 1. The molecule has 216 valence electrons. The third kappa shape index (κ3) is 4.81. The highest BCUT2D eigenvalue weighted by Crippen LogP contribution is 2.51. The SMILES string of the molecule is COCCNCc1ccc(-c2ccc(O)c3c2CC2CC4C(C(=O)C(C(N)=O)=C(O)[C@H]4N(C)C)C(O)=C2C3=O)cc1. The number of nitrogens with zero attached hydrogens (tertiary/aromatic N) is 1. The number of allylic oxidation sites excluding steroid dienone is 2. The third-order valence-corrected chi connectivity index (χ3v) is 8.53. The van der Waals surface area contributed by atoms with Gasteiger partial charge in [0.25, 0.3) is 5.91 Å². The predicted octanol–water partition coefficient (Wildman–Crippen LogP) is 2.41. The second-order valence-corrected chi connectivity index (χ2v) is 11.2. The van der Waals surface area contributed by atoms with Crippen LogP contribution in [0.3, 0.4) is 0 Å². The lowest BCUT2D eigenvalue weighted by Gasteiger charge is -2.46. The van der Waals surface area contributed by atoms with Gasteiger partial charge in [-0.2, -0.15) is 0 Å². The summed E-state index contributed by atoms with van der Waals surface area (Å²) in [5.41, 5.74) is 8.49. The molecule has 0 fully saturated rings. The van der Waals surface area contributed by atoms with Crippen LogP contribution >= 0.6 is 0 Å². The number of nitrogens with two attached hydrogens (primary N) is 1. The van der Waals surface area contributed by atoms with E-state index in [2.05, 4.69) is 5.32 Å². The average Bonchev–Trinajstić information content (AvgIpc) is 2.91. The third-order valence-electron chi connectivity index (χ3n) is 8.53. The molecule has 3 unspecified atom stereocenters. The predicted molar refractivity (Wildman–Crippen MR) is 151 cm³/mol. The number of methoxy groups -OCH3 is 1. The zero-order chi connectivity index (χ0) is 29.6. The minimum absolute atomic E-state index is 0.0692. The largest absolute Gasteiger partial charge is 0.511 e. The maximum absolute atomic E-state index is 13.9. The van der Waals surface area contributed by atoms with Gasteiger partial charge < -0.3 is 31.1 Å². The fraction of sp³-hybridized carbons (Fsp3) is 0.387. The summed E-state index contributed by atoms with van der Waals surface area (Å²) in [6.45, 7) is 2.03. The van der Waals surface area contributed by atoms with Crippen molar-refractivity contribution < 1.29 is 34.4 Å². The number of benzene rings is 2. The number of primary amides is 1. The Labute approximate surface area is 238 Å². The van der Waals surface area contributed by atoms with Crippen LogP contribution in [0.15, 0.2) is 59.1 Å². The first-order chi connectivity index (χ1) is 19.6. The number of Topliss-reactive ketones (excluding diaryl/α,β-unsaturated/α-hetero) is 2. The standard InChI is InChI=1S/C31H35N3O7/c1-34(2)26-20-13-17-12-19-18(16-6-4-15(5-7-16)14-33-10-11-41-3)8-9-21(35)23(19)27(36)22(17)28(37)24(20)29(38)25(30(26)39)31(32)40/h4-9,17,20,24,26,33,35,37,39H,10-14H2,1-3H3,(H2,32,40)/t17?,20?,24?,26-/m0/s1. The minimum Gasteiger partial charge on any atom is -0.511 e. The number of hydrogen-bond acceptors (Lipinski definition) is 9. The maximum atomic E-state index is 13.9. The number of aliphatic hydroxyl groups is 2. The van der Waals surface area contributed by atoms with Crippen molar-refractivity contribution in [2.45, 2.75) is 25.4 Å². The molecule has 10 heteroatoms. The molecule has 0 spiro atoms. The summed E-state index contributed by atoms with van der Waals surface area (Å²) in [6, 6.07) is 10.4. The molecule has 3 aliphatic carbocycles. The van der Waals surface area contributed by atoms with Crippen molar-refractivity contribution in [2.75, 3.05) is 34.4 Å². The van der Waals surface area contributed by atoms with Crippen molar-refractivity contribution in [3.63, 3.8) is 0 Å². The number of fused-ring (bicyclic) bond motifs is 3. The van der Waals surface area contributed by atoms with E-state index in [0.717, 1.165) is 23.2 Å². The summed E-state index contributed by atoms with van der Waals surface area (Å²) in [5.74, 6) is -5.71. The monoisotopic (exact) mass is 561 g/mol. The molecule has 0 aromatic heterocycles. The van der Waals surface area contributed by atoms with Crippen LogP contribution < -0.4 is 11.1 Å². The van der Waals surface area contributed by atoms with Crippen molar-refractivity contribution >= 4 is 17.5 Å². The van der Waals surface area contributed by atoms with Crippen molar-refractivity contribution in [1.29, 1.82) is 0 Å². The Morgan fingerprint density at radius 3 is 2.41 bits per heavy atom. The highest BCUT2D eigenvalue weighted by molar-refractivity contribution is 6.22. The van der Waals surface area contributed by atoms with Gasteiger partial charge in [0.15, 0.2) is 11.6 Å². The first kappa shape index (κ1) is 28.5. The molecule has 0 saturated heterocycles. The van der Waals surface area contributed by atoms with Crippen molar-refractivity contribution in [3.8, 4) is 16.9 Å². The number of aromatic hydroxyl groups is 1. The van der Waals surface area contributed by atoms with Crippen molar-refractivity contribution in [2.24, 2.45) is 23.5 Å². The molecule has 1 amide bonds. The van der Waals surface area contributed by atoms with E-state index in [1.165, 1.54) is 6.07 Å². The van der Waals surface area contributed by atoms with E-state index in [9.17, 15) is 29.7 Å². The summed E-state index contributed by atoms with van der Waals surface area (Å²) in [5, 5.41) is 36.4. The van der Waals surface area contributed by atoms with E-state index < -0.39 is 58.4 Å². The molecule has 0 aliphatic heterocycles. The first-order valence-corrected chi connectivity index (χ1v) is 13.6. The van der Waals surface area contributed by atoms with Crippen LogP contribution in [-0.4, -0.2) is 78.1 Å². The normalized spacial score (nSPS) is 23.9. The number of nitrogens with one attached hydrogen (secondary N) is 1. The van der Waals surface area contributed by atoms with Crippen LogP contribution in [0, 0.1) is 17.8 Å². The fourth-order valence-electron chi connectivity index (χ4n) is 6.75. The van der Waals surface area contributed by atoms with Gasteiger partial charge in [-0.05, 0) is 67.1 Å². The number of likely N-dealkylation sites (N-methyl/N-ethyl adjacent to an activating group) is 1. The smallest absolute Gasteiger partial charge is 0.255 e. The van der Waals surface area contributed by atoms with Gasteiger partial charge in [0, 0.05) is 25.8 Å². The van der Waals surface area contributed by atoms with E-state index in [4.69, 9.17) is 10.5 Å². The number of ketones is 2. The number of carbonyl (C=O) groups is 3. The molecule has 3 aliphatic rings. The molecule has 5 rings (SSSR count). The highest BCUT2D eigenvalue weighted by Gasteiger charge is 2.54. The maximum Gasteiger partial charge on any atom is 0.255 e. The molecule has 0 saturated carbocycles. The minimum atomic E-state index is -1.20. The van der Waals surface area contributed by atoms with Gasteiger partial charge in [-0.25, -0.2) is 0 Å². The van der Waals surface area contributed by atoms with Crippen LogP contribution in [0.25, 0.3) is 11.1 Å². The lowest BCUT2D eigenvalue weighted by Crippen LogP contribution is -2.53. The van der Waals surface area contributed by atoms with Gasteiger partial charge in [-0.1, -0.05) is 30.3 Å². The summed E-state index contributed by atoms with van der Waals surface area (Å²) < 4.78 is 5.06. The van der Waals surface area contributed by atoms with Gasteiger partial charge >= 0.3 is 0 Å². The van der Waals surface area contributed by atoms with E-state index in [0.29, 0.717) is 31.6 Å². The first-order valence-electron chi connectivity index (χ1n) is 13.6.